The number of methoxy groups -OCH3 is 1. The van der Waals surface area contributed by atoms with E-state index in [0.717, 1.165) is 30.0 Å². The number of fused-ring (bicyclic) bond motifs is 1. The average molecular weight is 263 g/mol. The number of rotatable bonds is 4. The zero-order valence-corrected chi connectivity index (χ0v) is 11.4. The summed E-state index contributed by atoms with van der Waals surface area (Å²) in [5, 5.41) is 3.59. The van der Waals surface area contributed by atoms with Crippen LogP contribution in [0.3, 0.4) is 0 Å². The van der Waals surface area contributed by atoms with E-state index in [1.807, 2.05) is 6.07 Å². The van der Waals surface area contributed by atoms with Gasteiger partial charge in [0, 0.05) is 18.7 Å². The molecule has 1 fully saturated rings. The summed E-state index contributed by atoms with van der Waals surface area (Å²) in [6.45, 7) is 2.03. The molecule has 2 heterocycles. The average Bonchev–Trinajstić information content (AvgIpc) is 2.91. The molecule has 3 rings (SSSR count). The third kappa shape index (κ3) is 2.69. The minimum Gasteiger partial charge on any atom is -0.454 e. The van der Waals surface area contributed by atoms with Crippen LogP contribution in [0, 0.1) is 0 Å². The molecule has 0 aliphatic carbocycles. The molecule has 0 amide bonds. The van der Waals surface area contributed by atoms with Crippen molar-refractivity contribution in [3.63, 3.8) is 0 Å². The van der Waals surface area contributed by atoms with Crippen molar-refractivity contribution in [1.29, 1.82) is 0 Å². The standard InChI is InChI=1S/C15H21NO3/c1-17-9-13-11(8-12-4-2-3-7-16-12)5-6-14-15(13)19-10-18-14/h5-6,12,16H,2-4,7-10H2,1H3. The molecule has 4 heteroatoms. The summed E-state index contributed by atoms with van der Waals surface area (Å²) < 4.78 is 16.4. The lowest BCUT2D eigenvalue weighted by Crippen LogP contribution is -2.35. The smallest absolute Gasteiger partial charge is 0.231 e. The van der Waals surface area contributed by atoms with E-state index < -0.39 is 0 Å². The lowest BCUT2D eigenvalue weighted by molar-refractivity contribution is 0.162. The molecule has 4 nitrogen and oxygen atoms in total. The lowest BCUT2D eigenvalue weighted by Gasteiger charge is -2.24. The van der Waals surface area contributed by atoms with Crippen molar-refractivity contribution in [2.24, 2.45) is 0 Å². The maximum absolute atomic E-state index is 5.59. The predicted octanol–water partition coefficient (Wildman–Crippen LogP) is 2.25. The van der Waals surface area contributed by atoms with Gasteiger partial charge in [-0.3, -0.25) is 0 Å². The van der Waals surface area contributed by atoms with Crippen molar-refractivity contribution in [3.05, 3.63) is 23.3 Å². The van der Waals surface area contributed by atoms with Crippen LogP contribution in [0.2, 0.25) is 0 Å². The van der Waals surface area contributed by atoms with Crippen LogP contribution in [0.25, 0.3) is 0 Å². The number of hydrogen-bond donors (Lipinski definition) is 1. The van der Waals surface area contributed by atoms with Crippen LogP contribution in [0.1, 0.15) is 30.4 Å². The summed E-state index contributed by atoms with van der Waals surface area (Å²) in [6.07, 6.45) is 4.90. The quantitative estimate of drug-likeness (QED) is 0.904. The van der Waals surface area contributed by atoms with Crippen molar-refractivity contribution in [3.8, 4) is 11.5 Å². The normalized spacial score (nSPS) is 21.6. The van der Waals surface area contributed by atoms with Gasteiger partial charge in [0.1, 0.15) is 0 Å². The molecule has 2 aliphatic rings. The third-order valence-electron chi connectivity index (χ3n) is 3.91. The Kier molecular flexibility index (Phi) is 3.89. The van der Waals surface area contributed by atoms with E-state index in [1.54, 1.807) is 7.11 Å². The largest absolute Gasteiger partial charge is 0.454 e. The van der Waals surface area contributed by atoms with Gasteiger partial charge < -0.3 is 19.5 Å². The monoisotopic (exact) mass is 263 g/mol. The van der Waals surface area contributed by atoms with Crippen LogP contribution in [0.5, 0.6) is 11.5 Å². The number of nitrogens with one attached hydrogen (secondary N) is 1. The zero-order valence-electron chi connectivity index (χ0n) is 11.4. The molecule has 19 heavy (non-hydrogen) atoms. The van der Waals surface area contributed by atoms with Gasteiger partial charge in [-0.1, -0.05) is 12.5 Å². The highest BCUT2D eigenvalue weighted by Crippen LogP contribution is 2.38. The maximum Gasteiger partial charge on any atom is 0.231 e. The topological polar surface area (TPSA) is 39.7 Å². The molecule has 2 aliphatic heterocycles. The number of piperidine rings is 1. The highest BCUT2D eigenvalue weighted by atomic mass is 16.7. The van der Waals surface area contributed by atoms with E-state index in [0.29, 0.717) is 19.4 Å². The summed E-state index contributed by atoms with van der Waals surface area (Å²) in [6, 6.07) is 4.74. The van der Waals surface area contributed by atoms with Crippen LogP contribution >= 0.6 is 0 Å². The fraction of sp³-hybridized carbons (Fsp3) is 0.600. The number of benzene rings is 1. The second-order valence-electron chi connectivity index (χ2n) is 5.22. The highest BCUT2D eigenvalue weighted by Gasteiger charge is 2.22. The number of ether oxygens (including phenoxy) is 3. The van der Waals surface area contributed by atoms with Gasteiger partial charge >= 0.3 is 0 Å². The second kappa shape index (κ2) is 5.80. The van der Waals surface area contributed by atoms with Crippen molar-refractivity contribution >= 4 is 0 Å². The molecule has 1 atom stereocenters. The first-order chi connectivity index (χ1) is 9.38. The van der Waals surface area contributed by atoms with E-state index in [2.05, 4.69) is 11.4 Å². The summed E-state index contributed by atoms with van der Waals surface area (Å²) >= 11 is 0. The van der Waals surface area contributed by atoms with Crippen LogP contribution in [-0.2, 0) is 17.8 Å². The van der Waals surface area contributed by atoms with E-state index in [4.69, 9.17) is 14.2 Å². The first-order valence-electron chi connectivity index (χ1n) is 7.01. The summed E-state index contributed by atoms with van der Waals surface area (Å²) in [7, 11) is 1.72. The van der Waals surface area contributed by atoms with E-state index in [9.17, 15) is 0 Å². The molecule has 1 aromatic carbocycles. The maximum atomic E-state index is 5.59. The van der Waals surface area contributed by atoms with E-state index >= 15 is 0 Å². The Labute approximate surface area is 114 Å². The Morgan fingerprint density at radius 2 is 2.26 bits per heavy atom. The van der Waals surface area contributed by atoms with Crippen LogP contribution in [-0.4, -0.2) is 26.5 Å². The summed E-state index contributed by atoms with van der Waals surface area (Å²) in [5.41, 5.74) is 2.45. The minimum atomic E-state index is 0.317. The fourth-order valence-electron chi connectivity index (χ4n) is 2.93. The molecule has 1 aromatic rings. The van der Waals surface area contributed by atoms with Crippen LogP contribution < -0.4 is 14.8 Å². The van der Waals surface area contributed by atoms with Gasteiger partial charge in [-0.2, -0.15) is 0 Å². The summed E-state index contributed by atoms with van der Waals surface area (Å²) in [5.74, 6) is 1.71. The van der Waals surface area contributed by atoms with Gasteiger partial charge in [-0.25, -0.2) is 0 Å². The zero-order chi connectivity index (χ0) is 13.1. The molecule has 1 unspecified atom stereocenters. The lowest BCUT2D eigenvalue weighted by atomic mass is 9.94. The molecule has 0 saturated carbocycles. The molecule has 104 valence electrons. The SMILES string of the molecule is COCc1c(CC2CCCCN2)ccc2c1OCO2. The van der Waals surface area contributed by atoms with E-state index in [-0.39, 0.29) is 0 Å². The highest BCUT2D eigenvalue weighted by molar-refractivity contribution is 5.52. The predicted molar refractivity (Wildman–Crippen MR) is 72.6 cm³/mol. The molecule has 0 spiro atoms. The molecular formula is C15H21NO3. The molecular weight excluding hydrogens is 242 g/mol. The number of hydrogen-bond acceptors (Lipinski definition) is 4. The Morgan fingerprint density at radius 1 is 1.32 bits per heavy atom. The first kappa shape index (κ1) is 12.8. The first-order valence-corrected chi connectivity index (χ1v) is 7.01. The molecule has 0 aromatic heterocycles. The van der Waals surface area contributed by atoms with Crippen molar-refractivity contribution in [1.82, 2.24) is 5.32 Å². The van der Waals surface area contributed by atoms with Gasteiger partial charge in [0.15, 0.2) is 11.5 Å². The van der Waals surface area contributed by atoms with Gasteiger partial charge in [0.25, 0.3) is 0 Å². The van der Waals surface area contributed by atoms with Crippen molar-refractivity contribution in [2.45, 2.75) is 38.3 Å². The Morgan fingerprint density at radius 3 is 3.05 bits per heavy atom. The molecule has 1 saturated heterocycles. The fourth-order valence-corrected chi connectivity index (χ4v) is 2.93. The van der Waals surface area contributed by atoms with Crippen LogP contribution in [0.4, 0.5) is 0 Å². The summed E-state index contributed by atoms with van der Waals surface area (Å²) in [4.78, 5) is 0. The Hall–Kier alpha value is -1.26. The Bertz CT molecular complexity index is 441. The van der Waals surface area contributed by atoms with Gasteiger partial charge in [0.2, 0.25) is 6.79 Å². The van der Waals surface area contributed by atoms with Gasteiger partial charge in [-0.15, -0.1) is 0 Å². The molecule has 1 N–H and O–H groups in total. The van der Waals surface area contributed by atoms with Gasteiger partial charge in [0.05, 0.1) is 6.61 Å². The van der Waals surface area contributed by atoms with Crippen molar-refractivity contribution in [2.75, 3.05) is 20.4 Å². The van der Waals surface area contributed by atoms with E-state index in [1.165, 1.54) is 24.8 Å². The minimum absolute atomic E-state index is 0.317. The second-order valence-corrected chi connectivity index (χ2v) is 5.22. The molecule has 0 radical (unpaired) electrons. The van der Waals surface area contributed by atoms with Crippen molar-refractivity contribution < 1.29 is 14.2 Å². The third-order valence-corrected chi connectivity index (χ3v) is 3.91. The van der Waals surface area contributed by atoms with Crippen LogP contribution in [0.15, 0.2) is 12.1 Å². The van der Waals surface area contributed by atoms with Gasteiger partial charge in [-0.05, 0) is 37.4 Å². The Balaban J connectivity index is 1.83. The molecule has 0 bridgehead atoms.